The molecular formula is C43H70O19S. The summed E-state index contributed by atoms with van der Waals surface area (Å²) in [6.07, 6.45) is -7.80. The summed E-state index contributed by atoms with van der Waals surface area (Å²) in [5.41, 5.74) is 0.969. The van der Waals surface area contributed by atoms with Crippen LogP contribution in [0.1, 0.15) is 92.9 Å². The van der Waals surface area contributed by atoms with Crippen molar-refractivity contribution in [2.45, 2.75) is 197 Å². The van der Waals surface area contributed by atoms with Gasteiger partial charge in [0.15, 0.2) is 25.0 Å². The molecule has 4 aliphatic carbocycles. The molecule has 0 aromatic heterocycles. The predicted molar refractivity (Wildman–Crippen MR) is 217 cm³/mol. The van der Waals surface area contributed by atoms with Crippen molar-refractivity contribution in [3.63, 3.8) is 0 Å². The minimum Gasteiger partial charge on any atom is -0.454 e. The van der Waals surface area contributed by atoms with Gasteiger partial charge in [0.1, 0.15) is 42.7 Å². The fourth-order valence-corrected chi connectivity index (χ4v) is 13.1. The van der Waals surface area contributed by atoms with Crippen LogP contribution in [-0.4, -0.2) is 170 Å². The first-order valence-corrected chi connectivity index (χ1v) is 23.8. The number of carbonyl (C=O) groups is 1. The summed E-state index contributed by atoms with van der Waals surface area (Å²) >= 11 is 0. The first kappa shape index (κ1) is 49.5. The molecule has 6 N–H and O–H groups in total. The maximum Gasteiger partial charge on any atom is 0.397 e. The Bertz CT molecular complexity index is 1730. The Kier molecular flexibility index (Phi) is 15.1. The number of hydrogen-bond acceptors (Lipinski definition) is 18. The molecule has 7 aliphatic rings. The number of allylic oxidation sites excluding steroid dienone is 1. The SMILES string of the molecule is COC1CC(OC2CCC3(C)C(=CCC4C3CCC3(C)C4CC(OC4OC(COS(=O)(=O)O)C(O)C(O)C4O)C3C(C)O)C2)OC(C)C1OC1OC(C)C(O)C(OC)C1OC(C)=O. The number of fused-ring (bicyclic) bond motifs is 5. The van der Waals surface area contributed by atoms with E-state index in [2.05, 4.69) is 24.1 Å². The van der Waals surface area contributed by atoms with Crippen LogP contribution in [0.25, 0.3) is 0 Å². The van der Waals surface area contributed by atoms with Crippen molar-refractivity contribution in [3.8, 4) is 0 Å². The molecule has 0 amide bonds. The van der Waals surface area contributed by atoms with Crippen molar-refractivity contribution in [1.82, 2.24) is 0 Å². The molecule has 0 aromatic carbocycles. The highest BCUT2D eigenvalue weighted by atomic mass is 32.3. The molecule has 23 atom stereocenters. The quantitative estimate of drug-likeness (QED) is 0.0869. The fourth-order valence-electron chi connectivity index (χ4n) is 12.8. The second-order valence-electron chi connectivity index (χ2n) is 19.6. The molecule has 20 heteroatoms. The van der Waals surface area contributed by atoms with Crippen molar-refractivity contribution in [1.29, 1.82) is 0 Å². The number of aliphatic hydroxyl groups is 5. The van der Waals surface area contributed by atoms with Crippen LogP contribution < -0.4 is 0 Å². The molecule has 3 heterocycles. The summed E-state index contributed by atoms with van der Waals surface area (Å²) in [6.45, 7) is 10.3. The summed E-state index contributed by atoms with van der Waals surface area (Å²) in [6, 6.07) is 0. The molecule has 7 rings (SSSR count). The van der Waals surface area contributed by atoms with Gasteiger partial charge in [0.25, 0.3) is 0 Å². The molecule has 19 nitrogen and oxygen atoms in total. The molecule has 23 unspecified atom stereocenters. The number of rotatable bonds is 13. The van der Waals surface area contributed by atoms with Gasteiger partial charge >= 0.3 is 16.4 Å². The lowest BCUT2D eigenvalue weighted by Crippen LogP contribution is -2.62. The molecule has 0 bridgehead atoms. The first-order chi connectivity index (χ1) is 29.6. The van der Waals surface area contributed by atoms with Gasteiger partial charge in [-0.3, -0.25) is 9.35 Å². The van der Waals surface area contributed by atoms with E-state index in [1.165, 1.54) is 19.6 Å². The van der Waals surface area contributed by atoms with Gasteiger partial charge in [0.05, 0.1) is 43.2 Å². The number of methoxy groups -OCH3 is 2. The Balaban J connectivity index is 0.998. The molecule has 3 saturated heterocycles. The van der Waals surface area contributed by atoms with Gasteiger partial charge in [-0.05, 0) is 94.3 Å². The highest BCUT2D eigenvalue weighted by Crippen LogP contribution is 2.67. The highest BCUT2D eigenvalue weighted by Gasteiger charge is 2.63. The summed E-state index contributed by atoms with van der Waals surface area (Å²) in [5, 5.41) is 54.0. The van der Waals surface area contributed by atoms with Gasteiger partial charge in [0, 0.05) is 33.5 Å². The molecule has 0 radical (unpaired) electrons. The molecule has 3 saturated carbocycles. The summed E-state index contributed by atoms with van der Waals surface area (Å²) in [7, 11) is -1.84. The largest absolute Gasteiger partial charge is 0.454 e. The number of aliphatic hydroxyl groups excluding tert-OH is 5. The van der Waals surface area contributed by atoms with E-state index >= 15 is 0 Å². The van der Waals surface area contributed by atoms with Crippen molar-refractivity contribution in [2.75, 3.05) is 20.8 Å². The van der Waals surface area contributed by atoms with E-state index in [1.54, 1.807) is 21.0 Å². The van der Waals surface area contributed by atoms with Gasteiger partial charge in [-0.15, -0.1) is 0 Å². The van der Waals surface area contributed by atoms with Gasteiger partial charge in [0.2, 0.25) is 0 Å². The van der Waals surface area contributed by atoms with Crippen LogP contribution >= 0.6 is 0 Å². The third-order valence-corrected chi connectivity index (χ3v) is 16.3. The molecule has 362 valence electrons. The maximum absolute atomic E-state index is 12.0. The zero-order chi connectivity index (χ0) is 45.9. The lowest BCUT2D eigenvalue weighted by atomic mass is 9.47. The normalized spacial score (nSPS) is 49.5. The minimum absolute atomic E-state index is 0.0788. The molecule has 0 aromatic rings. The average Bonchev–Trinajstić information content (AvgIpc) is 3.52. The number of esters is 1. The van der Waals surface area contributed by atoms with E-state index in [-0.39, 0.29) is 34.7 Å². The van der Waals surface area contributed by atoms with E-state index in [0.717, 1.165) is 38.5 Å². The van der Waals surface area contributed by atoms with Crippen LogP contribution in [0, 0.1) is 34.5 Å². The van der Waals surface area contributed by atoms with Gasteiger partial charge < -0.3 is 68.2 Å². The molecule has 3 aliphatic heterocycles. The van der Waals surface area contributed by atoms with E-state index in [1.807, 2.05) is 6.92 Å². The number of carbonyl (C=O) groups excluding carboxylic acids is 1. The van der Waals surface area contributed by atoms with Crippen LogP contribution in [0.15, 0.2) is 11.6 Å². The smallest absolute Gasteiger partial charge is 0.397 e. The fraction of sp³-hybridized carbons (Fsp3) is 0.930. The van der Waals surface area contributed by atoms with Gasteiger partial charge in [-0.2, -0.15) is 8.42 Å². The van der Waals surface area contributed by atoms with Crippen molar-refractivity contribution in [2.24, 2.45) is 34.5 Å². The van der Waals surface area contributed by atoms with E-state index in [4.69, 9.17) is 47.2 Å². The van der Waals surface area contributed by atoms with Gasteiger partial charge in [-0.25, -0.2) is 4.18 Å². The Morgan fingerprint density at radius 1 is 0.841 bits per heavy atom. The van der Waals surface area contributed by atoms with Gasteiger partial charge in [-0.1, -0.05) is 25.5 Å². The second-order valence-corrected chi connectivity index (χ2v) is 20.7. The van der Waals surface area contributed by atoms with Crippen LogP contribution in [0.4, 0.5) is 0 Å². The standard InChI is InChI=1S/C43H70O19S/c1-19(44)32-28(60-40-36(49)35(48)34(47)30(61-40)18-55-63(50,51)52)16-27-25-10-9-23-15-24(11-13-42(23,5)26(25)12-14-43(27,32)6)59-31-17-29(53-7)37(21(3)56-31)62-41-39(58-22(4)45)38(54-8)33(46)20(2)57-41/h9,19-21,24-41,44,46-49H,10-18H2,1-8H3,(H,50,51,52). The Labute approximate surface area is 369 Å². The predicted octanol–water partition coefficient (Wildman–Crippen LogP) is 1.54. The maximum atomic E-state index is 12.0. The van der Waals surface area contributed by atoms with E-state index in [9.17, 15) is 38.7 Å². The lowest BCUT2D eigenvalue weighted by Gasteiger charge is -2.58. The van der Waals surface area contributed by atoms with Crippen LogP contribution in [0.5, 0.6) is 0 Å². The third kappa shape index (κ3) is 9.80. The molecule has 0 spiro atoms. The van der Waals surface area contributed by atoms with Crippen molar-refractivity contribution < 1.29 is 90.1 Å². The van der Waals surface area contributed by atoms with Crippen LogP contribution in [0.3, 0.4) is 0 Å². The summed E-state index contributed by atoms with van der Waals surface area (Å²) < 4.78 is 90.7. The van der Waals surface area contributed by atoms with E-state index < -0.39 is 121 Å². The topological polar surface area (TPSA) is 265 Å². The third-order valence-electron chi connectivity index (χ3n) is 15.9. The molecular weight excluding hydrogens is 853 g/mol. The highest BCUT2D eigenvalue weighted by molar-refractivity contribution is 7.80. The Morgan fingerprint density at radius 2 is 1.57 bits per heavy atom. The zero-order valence-electron chi connectivity index (χ0n) is 37.5. The summed E-state index contributed by atoms with van der Waals surface area (Å²) in [4.78, 5) is 12.0. The molecule has 6 fully saturated rings. The van der Waals surface area contributed by atoms with Crippen LogP contribution in [0.2, 0.25) is 0 Å². The number of hydrogen-bond donors (Lipinski definition) is 6. The molecule has 63 heavy (non-hydrogen) atoms. The summed E-state index contributed by atoms with van der Waals surface area (Å²) in [5.74, 6) is -0.117. The van der Waals surface area contributed by atoms with Crippen molar-refractivity contribution in [3.05, 3.63) is 11.6 Å². The van der Waals surface area contributed by atoms with Crippen LogP contribution in [-0.2, 0) is 62.0 Å². The second kappa shape index (κ2) is 19.3. The average molecular weight is 923 g/mol. The Morgan fingerprint density at radius 3 is 2.22 bits per heavy atom. The number of ether oxygens (including phenoxy) is 9. The lowest BCUT2D eigenvalue weighted by molar-refractivity contribution is -0.343. The van der Waals surface area contributed by atoms with Crippen molar-refractivity contribution >= 4 is 16.4 Å². The monoisotopic (exact) mass is 922 g/mol. The minimum atomic E-state index is -4.87. The first-order valence-electron chi connectivity index (χ1n) is 22.5. The van der Waals surface area contributed by atoms with E-state index in [0.29, 0.717) is 18.8 Å². The Hall–Kier alpha value is -1.44. The zero-order valence-corrected chi connectivity index (χ0v) is 38.3.